The first-order chi connectivity index (χ1) is 31.0. The number of hydrogen-bond acceptors (Lipinski definition) is 6. The highest BCUT2D eigenvalue weighted by atomic mass is 16.3. The van der Waals surface area contributed by atoms with Crippen molar-refractivity contribution >= 4 is 22.8 Å². The molecule has 6 N–H and O–H groups in total. The largest absolute Gasteiger partial charge is 0.389 e. The van der Waals surface area contributed by atoms with Crippen LogP contribution in [0.15, 0.2) is 182 Å². The van der Waals surface area contributed by atoms with E-state index >= 15 is 0 Å². The summed E-state index contributed by atoms with van der Waals surface area (Å²) in [5.41, 5.74) is 24.5. The summed E-state index contributed by atoms with van der Waals surface area (Å²) in [7, 11) is 0. The third-order valence-corrected chi connectivity index (χ3v) is 11.3. The van der Waals surface area contributed by atoms with Gasteiger partial charge >= 0.3 is 0 Å². The first kappa shape index (κ1) is 44.8. The maximum atomic E-state index is 11.2. The first-order valence-corrected chi connectivity index (χ1v) is 21.9. The van der Waals surface area contributed by atoms with E-state index < -0.39 is 12.2 Å². The maximum absolute atomic E-state index is 11.2. The third-order valence-electron chi connectivity index (χ3n) is 11.3. The number of anilines is 2. The highest BCUT2D eigenvalue weighted by Crippen LogP contribution is 2.31. The second kappa shape index (κ2) is 21.2. The van der Waals surface area contributed by atoms with Crippen LogP contribution in [-0.2, 0) is 12.8 Å². The van der Waals surface area contributed by atoms with Crippen molar-refractivity contribution < 1.29 is 10.2 Å². The molecule has 0 aliphatic heterocycles. The Kier molecular flexibility index (Phi) is 14.8. The molecule has 4 aromatic heterocycles. The molecule has 8 nitrogen and oxygen atoms in total. The van der Waals surface area contributed by atoms with Crippen LogP contribution in [0.4, 0.5) is 11.6 Å². The van der Waals surface area contributed by atoms with E-state index in [1.807, 2.05) is 97.1 Å². The van der Waals surface area contributed by atoms with Crippen molar-refractivity contribution in [2.75, 3.05) is 11.5 Å². The van der Waals surface area contributed by atoms with Crippen LogP contribution in [0.25, 0.3) is 22.8 Å². The molecular weight excluding hydrogens is 789 g/mol. The molecule has 0 spiro atoms. The van der Waals surface area contributed by atoms with Gasteiger partial charge in [0, 0.05) is 22.8 Å². The predicted octanol–water partition coefficient (Wildman–Crippen LogP) is 11.0. The molecule has 2 unspecified atom stereocenters. The van der Waals surface area contributed by atoms with Crippen molar-refractivity contribution in [1.82, 2.24) is 19.1 Å². The Morgan fingerprint density at radius 3 is 1.14 bits per heavy atom. The van der Waals surface area contributed by atoms with Gasteiger partial charge in [0.2, 0.25) is 0 Å². The molecule has 0 saturated carbocycles. The topological polar surface area (TPSA) is 128 Å². The summed E-state index contributed by atoms with van der Waals surface area (Å²) in [5.74, 6) is 2.46. The number of benzene rings is 4. The lowest BCUT2D eigenvalue weighted by Gasteiger charge is -2.18. The van der Waals surface area contributed by atoms with Gasteiger partial charge in [-0.25, -0.2) is 9.97 Å². The first-order valence-electron chi connectivity index (χ1n) is 21.9. The Morgan fingerprint density at radius 1 is 0.453 bits per heavy atom. The Morgan fingerprint density at radius 2 is 0.781 bits per heavy atom. The van der Waals surface area contributed by atoms with E-state index in [1.165, 1.54) is 11.1 Å². The van der Waals surface area contributed by atoms with Crippen molar-refractivity contribution in [3.05, 3.63) is 238 Å². The van der Waals surface area contributed by atoms with Gasteiger partial charge in [-0.1, -0.05) is 121 Å². The number of pyridine rings is 2. The zero-order valence-electron chi connectivity index (χ0n) is 37.1. The minimum atomic E-state index is -0.587. The van der Waals surface area contributed by atoms with Gasteiger partial charge in [-0.15, -0.1) is 0 Å². The van der Waals surface area contributed by atoms with Gasteiger partial charge in [0.1, 0.15) is 23.3 Å². The summed E-state index contributed by atoms with van der Waals surface area (Å²) >= 11 is 0. The average Bonchev–Trinajstić information content (AvgIpc) is 3.84. The monoisotopic (exact) mass is 846 g/mol. The molecule has 0 fully saturated rings. The average molecular weight is 847 g/mol. The highest BCUT2D eigenvalue weighted by Gasteiger charge is 2.17. The van der Waals surface area contributed by atoms with Crippen LogP contribution in [0, 0.1) is 27.7 Å². The van der Waals surface area contributed by atoms with Gasteiger partial charge in [-0.3, -0.25) is 0 Å². The van der Waals surface area contributed by atoms with Crippen molar-refractivity contribution in [3.63, 3.8) is 0 Å². The lowest BCUT2D eigenvalue weighted by atomic mass is 9.95. The van der Waals surface area contributed by atoms with Crippen LogP contribution in [0.3, 0.4) is 0 Å². The van der Waals surface area contributed by atoms with E-state index in [9.17, 15) is 10.2 Å². The second-order valence-corrected chi connectivity index (χ2v) is 16.3. The molecular formula is C56H58N6O2. The number of nitrogens with two attached hydrogens (primary N) is 2. The molecule has 0 amide bonds. The molecule has 8 rings (SSSR count). The van der Waals surface area contributed by atoms with E-state index in [2.05, 4.69) is 115 Å². The summed E-state index contributed by atoms with van der Waals surface area (Å²) in [6.07, 6.45) is 5.61. The number of hydrogen-bond donors (Lipinski definition) is 4. The molecule has 0 aliphatic rings. The van der Waals surface area contributed by atoms with E-state index in [4.69, 9.17) is 16.5 Å². The minimum absolute atomic E-state index is 0.362. The minimum Gasteiger partial charge on any atom is -0.389 e. The Labute approximate surface area is 377 Å². The zero-order chi connectivity index (χ0) is 45.0. The van der Waals surface area contributed by atoms with E-state index in [0.717, 1.165) is 80.7 Å². The maximum Gasteiger partial charge on any atom is 0.140 e. The molecule has 0 saturated heterocycles. The van der Waals surface area contributed by atoms with Gasteiger partial charge in [0.05, 0.1) is 12.2 Å². The number of aromatic nitrogens is 4. The van der Waals surface area contributed by atoms with E-state index in [0.29, 0.717) is 24.5 Å². The van der Waals surface area contributed by atoms with Gasteiger partial charge < -0.3 is 30.8 Å². The Hall–Kier alpha value is -7.26. The molecule has 8 heteroatoms. The second-order valence-electron chi connectivity index (χ2n) is 16.3. The van der Waals surface area contributed by atoms with Gasteiger partial charge in [0.15, 0.2) is 0 Å². The molecule has 8 aromatic rings. The Bertz CT molecular complexity index is 2690. The zero-order valence-corrected chi connectivity index (χ0v) is 37.1. The molecule has 0 bridgehead atoms. The Balaban J connectivity index is 0.000000206. The molecule has 2 atom stereocenters. The standard InChI is InChI=1S/C34H35N3O.C22H23N3O/c1-24-15-16-25(2)36(24)33-21-30(22-34(35-33)37-26(3)17-18-27(37)4)32(29-13-9-6-10-14-29)23-31(38)20-19-28-11-7-5-8-12-28;23-21-13-18(14-22(24)25-21)20(17-9-5-2-6-10-17)15-19(26)12-11-16-7-3-1-4-8-16/h5-18,21-23,31,38H,19-20H2,1-4H3;1-10,13-15,19,26H,11-12H2,(H4,23,24,25)/b32-23-;20-15-. The quantitative estimate of drug-likeness (QED) is 0.0863. The molecule has 4 heterocycles. The number of nitrogens with zero attached hydrogens (tertiary/aromatic N) is 4. The highest BCUT2D eigenvalue weighted by molar-refractivity contribution is 5.82. The third kappa shape index (κ3) is 11.6. The van der Waals surface area contributed by atoms with Crippen LogP contribution >= 0.6 is 0 Å². The summed E-state index contributed by atoms with van der Waals surface area (Å²) in [6, 6.07) is 57.0. The number of aryl methyl sites for hydroxylation is 6. The SMILES string of the molecule is Cc1ccc(C)n1-c1cc(/C(=C\C(O)CCc2ccccc2)c2ccccc2)cc(-n2c(C)ccc2C)n1.Nc1cc(/C(=C\C(O)CCc2ccccc2)c2ccccc2)cc(N)n1. The lowest BCUT2D eigenvalue weighted by Crippen LogP contribution is -2.10. The fourth-order valence-electron chi connectivity index (χ4n) is 8.10. The van der Waals surface area contributed by atoms with Gasteiger partial charge in [-0.2, -0.15) is 0 Å². The van der Waals surface area contributed by atoms with Crippen molar-refractivity contribution in [2.24, 2.45) is 0 Å². The fraction of sp³-hybridized carbons (Fsp3) is 0.179. The number of nitrogen functional groups attached to an aromatic ring is 2. The summed E-state index contributed by atoms with van der Waals surface area (Å²) in [5, 5.41) is 21.8. The van der Waals surface area contributed by atoms with Crippen LogP contribution in [0.2, 0.25) is 0 Å². The summed E-state index contributed by atoms with van der Waals surface area (Å²) in [4.78, 5) is 9.16. The van der Waals surface area contributed by atoms with Crippen molar-refractivity contribution in [1.29, 1.82) is 0 Å². The van der Waals surface area contributed by atoms with Crippen molar-refractivity contribution in [3.8, 4) is 11.6 Å². The van der Waals surface area contributed by atoms with Crippen molar-refractivity contribution in [2.45, 2.75) is 65.6 Å². The molecule has 0 aliphatic carbocycles. The summed E-state index contributed by atoms with van der Waals surface area (Å²) in [6.45, 7) is 8.42. The lowest BCUT2D eigenvalue weighted by molar-refractivity contribution is 0.213. The molecule has 324 valence electrons. The van der Waals surface area contributed by atoms with Crippen LogP contribution in [0.1, 0.15) is 69.0 Å². The molecule has 0 radical (unpaired) electrons. The van der Waals surface area contributed by atoms with Crippen LogP contribution < -0.4 is 11.5 Å². The molecule has 4 aromatic carbocycles. The van der Waals surface area contributed by atoms with Gasteiger partial charge in [-0.05, 0) is 159 Å². The number of aliphatic hydroxyl groups is 2. The van der Waals surface area contributed by atoms with Gasteiger partial charge in [0.25, 0.3) is 0 Å². The van der Waals surface area contributed by atoms with E-state index in [-0.39, 0.29) is 0 Å². The molecule has 64 heavy (non-hydrogen) atoms. The normalized spacial score (nSPS) is 12.7. The van der Waals surface area contributed by atoms with Crippen LogP contribution in [-0.4, -0.2) is 41.5 Å². The van der Waals surface area contributed by atoms with E-state index in [1.54, 1.807) is 12.1 Å². The summed E-state index contributed by atoms with van der Waals surface area (Å²) < 4.78 is 4.38. The number of aliphatic hydroxyl groups excluding tert-OH is 2. The number of rotatable bonds is 14. The smallest absolute Gasteiger partial charge is 0.140 e. The van der Waals surface area contributed by atoms with Crippen LogP contribution in [0.5, 0.6) is 0 Å². The fourth-order valence-corrected chi connectivity index (χ4v) is 8.10. The predicted molar refractivity (Wildman–Crippen MR) is 263 cm³/mol.